The summed E-state index contributed by atoms with van der Waals surface area (Å²) in [6.45, 7) is 16.0. The molecule has 0 saturated heterocycles. The molecule has 4 nitrogen and oxygen atoms in total. The highest BCUT2D eigenvalue weighted by Crippen LogP contribution is 2.62. The minimum atomic E-state index is -0.433. The number of amides is 1. The van der Waals surface area contributed by atoms with Gasteiger partial charge >= 0.3 is 6.09 Å². The van der Waals surface area contributed by atoms with Crippen LogP contribution in [0.25, 0.3) is 0 Å². The van der Waals surface area contributed by atoms with E-state index in [1.807, 2.05) is 20.8 Å². The van der Waals surface area contributed by atoms with Crippen LogP contribution >= 0.6 is 0 Å². The van der Waals surface area contributed by atoms with Gasteiger partial charge in [0.25, 0.3) is 0 Å². The molecule has 1 saturated carbocycles. The molecule has 1 fully saturated rings. The van der Waals surface area contributed by atoms with E-state index in [0.29, 0.717) is 23.4 Å². The normalized spacial score (nSPS) is 21.5. The van der Waals surface area contributed by atoms with Crippen molar-refractivity contribution >= 4 is 6.09 Å². The number of hydrogen-bond acceptors (Lipinski definition) is 3. The van der Waals surface area contributed by atoms with Crippen LogP contribution in [-0.2, 0) is 4.74 Å². The van der Waals surface area contributed by atoms with E-state index in [1.54, 1.807) is 0 Å². The molecule has 0 aromatic rings. The summed E-state index contributed by atoms with van der Waals surface area (Å²) in [4.78, 5) is 11.4. The Kier molecular flexibility index (Phi) is 4.01. The highest BCUT2D eigenvalue weighted by molar-refractivity contribution is 5.67. The Bertz CT molecular complexity index is 302. The summed E-state index contributed by atoms with van der Waals surface area (Å²) in [5, 5.41) is 6.24. The third kappa shape index (κ3) is 3.37. The molecule has 0 atom stereocenters. The van der Waals surface area contributed by atoms with Crippen molar-refractivity contribution in [2.75, 3.05) is 13.1 Å². The Hall–Kier alpha value is -0.770. The lowest BCUT2D eigenvalue weighted by Crippen LogP contribution is -2.37. The fourth-order valence-corrected chi connectivity index (χ4v) is 2.40. The monoisotopic (exact) mass is 256 g/mol. The standard InChI is InChI=1S/C14H28N2O2/c1-12(2,3)18-11(17)16-9-8-15-10-13(4,5)14(10,6)7/h10,15H,8-9H2,1-7H3,(H,16,17). The highest BCUT2D eigenvalue weighted by Gasteiger charge is 2.64. The molecule has 106 valence electrons. The predicted octanol–water partition coefficient (Wildman–Crippen LogP) is 2.54. The van der Waals surface area contributed by atoms with Crippen LogP contribution in [0.3, 0.4) is 0 Å². The average molecular weight is 256 g/mol. The van der Waals surface area contributed by atoms with Gasteiger partial charge in [0.2, 0.25) is 0 Å². The summed E-state index contributed by atoms with van der Waals surface area (Å²) < 4.78 is 5.16. The van der Waals surface area contributed by atoms with Gasteiger partial charge in [0, 0.05) is 19.1 Å². The molecule has 0 aromatic carbocycles. The zero-order valence-corrected chi connectivity index (χ0v) is 12.8. The van der Waals surface area contributed by atoms with Gasteiger partial charge < -0.3 is 15.4 Å². The van der Waals surface area contributed by atoms with Crippen molar-refractivity contribution in [3.8, 4) is 0 Å². The third-order valence-electron chi connectivity index (χ3n) is 4.16. The Morgan fingerprint density at radius 3 is 2.00 bits per heavy atom. The fourth-order valence-electron chi connectivity index (χ4n) is 2.40. The van der Waals surface area contributed by atoms with Gasteiger partial charge in [-0.15, -0.1) is 0 Å². The molecular weight excluding hydrogens is 228 g/mol. The molecule has 0 bridgehead atoms. The molecule has 18 heavy (non-hydrogen) atoms. The molecule has 1 aliphatic carbocycles. The Balaban J connectivity index is 2.16. The maximum absolute atomic E-state index is 11.4. The number of ether oxygens (including phenoxy) is 1. The van der Waals surface area contributed by atoms with E-state index in [9.17, 15) is 4.79 Å². The summed E-state index contributed by atoms with van der Waals surface area (Å²) in [6.07, 6.45) is -0.349. The van der Waals surface area contributed by atoms with Crippen molar-refractivity contribution in [3.05, 3.63) is 0 Å². The Morgan fingerprint density at radius 2 is 1.61 bits per heavy atom. The predicted molar refractivity (Wildman–Crippen MR) is 73.6 cm³/mol. The summed E-state index contributed by atoms with van der Waals surface area (Å²) in [5.41, 5.74) is 0.232. The SMILES string of the molecule is CC(C)(C)OC(=O)NCCNC1C(C)(C)C1(C)C. The van der Waals surface area contributed by atoms with Crippen LogP contribution < -0.4 is 10.6 Å². The molecule has 2 N–H and O–H groups in total. The molecule has 1 rings (SSSR count). The van der Waals surface area contributed by atoms with E-state index in [4.69, 9.17) is 4.74 Å². The summed E-state index contributed by atoms with van der Waals surface area (Å²) in [7, 11) is 0. The quantitative estimate of drug-likeness (QED) is 0.760. The second-order valence-corrected chi connectivity index (χ2v) is 7.26. The minimum absolute atomic E-state index is 0.332. The van der Waals surface area contributed by atoms with Crippen molar-refractivity contribution in [3.63, 3.8) is 0 Å². The smallest absolute Gasteiger partial charge is 0.407 e. The van der Waals surface area contributed by atoms with E-state index >= 15 is 0 Å². The van der Waals surface area contributed by atoms with E-state index < -0.39 is 5.60 Å². The first-order valence-corrected chi connectivity index (χ1v) is 6.69. The molecule has 0 aromatic heterocycles. The fraction of sp³-hybridized carbons (Fsp3) is 0.929. The maximum atomic E-state index is 11.4. The minimum Gasteiger partial charge on any atom is -0.444 e. The Labute approximate surface area is 111 Å². The summed E-state index contributed by atoms with van der Waals surface area (Å²) >= 11 is 0. The summed E-state index contributed by atoms with van der Waals surface area (Å²) in [6, 6.07) is 0.519. The zero-order chi connectivity index (χ0) is 14.2. The molecule has 0 aliphatic heterocycles. The largest absolute Gasteiger partial charge is 0.444 e. The summed E-state index contributed by atoms with van der Waals surface area (Å²) in [5.74, 6) is 0. The van der Waals surface area contributed by atoms with Crippen molar-refractivity contribution < 1.29 is 9.53 Å². The number of nitrogens with one attached hydrogen (secondary N) is 2. The lowest BCUT2D eigenvalue weighted by molar-refractivity contribution is 0.0528. The van der Waals surface area contributed by atoms with Gasteiger partial charge in [0.05, 0.1) is 0 Å². The van der Waals surface area contributed by atoms with Gasteiger partial charge in [-0.05, 0) is 31.6 Å². The molecule has 0 unspecified atom stereocenters. The molecule has 1 amide bonds. The van der Waals surface area contributed by atoms with Gasteiger partial charge in [-0.3, -0.25) is 0 Å². The first kappa shape index (κ1) is 15.3. The van der Waals surface area contributed by atoms with E-state index in [1.165, 1.54) is 0 Å². The second kappa shape index (κ2) is 4.72. The van der Waals surface area contributed by atoms with Crippen molar-refractivity contribution in [1.29, 1.82) is 0 Å². The van der Waals surface area contributed by atoms with Crippen LogP contribution in [-0.4, -0.2) is 30.8 Å². The van der Waals surface area contributed by atoms with Crippen molar-refractivity contribution in [1.82, 2.24) is 10.6 Å². The lowest BCUT2D eigenvalue weighted by Gasteiger charge is -2.19. The molecule has 0 spiro atoms. The van der Waals surface area contributed by atoms with E-state index in [2.05, 4.69) is 38.3 Å². The van der Waals surface area contributed by atoms with Crippen molar-refractivity contribution in [2.24, 2.45) is 10.8 Å². The van der Waals surface area contributed by atoms with Crippen LogP contribution in [0.4, 0.5) is 4.79 Å². The van der Waals surface area contributed by atoms with Gasteiger partial charge in [-0.1, -0.05) is 27.7 Å². The maximum Gasteiger partial charge on any atom is 0.407 e. The second-order valence-electron chi connectivity index (χ2n) is 7.26. The van der Waals surface area contributed by atoms with Crippen molar-refractivity contribution in [2.45, 2.75) is 60.1 Å². The van der Waals surface area contributed by atoms with Crippen LogP contribution in [0.2, 0.25) is 0 Å². The number of carbonyl (C=O) groups excluding carboxylic acids is 1. The lowest BCUT2D eigenvalue weighted by atomic mass is 10.0. The molecule has 1 aliphatic rings. The van der Waals surface area contributed by atoms with E-state index in [-0.39, 0.29) is 6.09 Å². The number of rotatable bonds is 4. The first-order valence-electron chi connectivity index (χ1n) is 6.69. The first-order chi connectivity index (χ1) is 7.98. The van der Waals surface area contributed by atoms with Crippen LogP contribution in [0.15, 0.2) is 0 Å². The average Bonchev–Trinajstić information content (AvgIpc) is 2.50. The van der Waals surface area contributed by atoms with Gasteiger partial charge in [-0.2, -0.15) is 0 Å². The topological polar surface area (TPSA) is 50.4 Å². The Morgan fingerprint density at radius 1 is 1.11 bits per heavy atom. The molecule has 0 heterocycles. The van der Waals surface area contributed by atoms with Crippen LogP contribution in [0, 0.1) is 10.8 Å². The van der Waals surface area contributed by atoms with Gasteiger partial charge in [0.15, 0.2) is 0 Å². The molecule has 0 radical (unpaired) electrons. The number of alkyl carbamates (subject to hydrolysis) is 1. The third-order valence-corrected chi connectivity index (χ3v) is 4.16. The molecular formula is C14H28N2O2. The van der Waals surface area contributed by atoms with Crippen LogP contribution in [0.1, 0.15) is 48.5 Å². The van der Waals surface area contributed by atoms with E-state index in [0.717, 1.165) is 6.54 Å². The van der Waals surface area contributed by atoms with Gasteiger partial charge in [-0.25, -0.2) is 4.79 Å². The zero-order valence-electron chi connectivity index (χ0n) is 12.8. The molecule has 4 heteroatoms. The van der Waals surface area contributed by atoms with Crippen LogP contribution in [0.5, 0.6) is 0 Å². The number of hydrogen-bond donors (Lipinski definition) is 2. The highest BCUT2D eigenvalue weighted by atomic mass is 16.6. The van der Waals surface area contributed by atoms with Gasteiger partial charge in [0.1, 0.15) is 5.60 Å². The number of carbonyl (C=O) groups is 1.